The van der Waals surface area contributed by atoms with Gasteiger partial charge in [-0.25, -0.2) is 4.98 Å². The van der Waals surface area contributed by atoms with E-state index in [1.54, 1.807) is 0 Å². The van der Waals surface area contributed by atoms with E-state index in [0.29, 0.717) is 5.92 Å². The van der Waals surface area contributed by atoms with Gasteiger partial charge in [0.15, 0.2) is 0 Å². The quantitative estimate of drug-likeness (QED) is 0.871. The van der Waals surface area contributed by atoms with Crippen LogP contribution in [0.4, 0.5) is 0 Å². The summed E-state index contributed by atoms with van der Waals surface area (Å²) in [6.45, 7) is 3.97. The summed E-state index contributed by atoms with van der Waals surface area (Å²) in [5.74, 6) is 1.39. The first kappa shape index (κ1) is 13.3. The summed E-state index contributed by atoms with van der Waals surface area (Å²) in [7, 11) is 0. The van der Waals surface area contributed by atoms with Crippen molar-refractivity contribution >= 4 is 0 Å². The molecular weight excluding hydrogens is 224 g/mol. The highest BCUT2D eigenvalue weighted by molar-refractivity contribution is 5.17. The second-order valence-electron chi connectivity index (χ2n) is 5.41. The molecule has 1 aliphatic rings. The molecule has 0 unspecified atom stereocenters. The van der Waals surface area contributed by atoms with Crippen molar-refractivity contribution in [3.63, 3.8) is 0 Å². The van der Waals surface area contributed by atoms with Crippen LogP contribution in [0.25, 0.3) is 0 Å². The van der Waals surface area contributed by atoms with Crippen LogP contribution in [0.1, 0.15) is 74.9 Å². The van der Waals surface area contributed by atoms with Gasteiger partial charge in [-0.15, -0.1) is 0 Å². The Morgan fingerprint density at radius 1 is 1.17 bits per heavy atom. The summed E-state index contributed by atoms with van der Waals surface area (Å²) in [5.41, 5.74) is 1.82. The van der Waals surface area contributed by atoms with Crippen LogP contribution in [0.15, 0.2) is 4.79 Å². The number of aromatic amines is 1. The zero-order valence-electron chi connectivity index (χ0n) is 11.6. The third kappa shape index (κ3) is 3.01. The minimum atomic E-state index is 0.0714. The smallest absolute Gasteiger partial charge is 0.254 e. The van der Waals surface area contributed by atoms with Crippen LogP contribution in [0.2, 0.25) is 0 Å². The van der Waals surface area contributed by atoms with E-state index in [9.17, 15) is 4.79 Å². The predicted octanol–water partition coefficient (Wildman–Crippen LogP) is 3.47. The Bertz CT molecular complexity index is 442. The Morgan fingerprint density at radius 2 is 1.78 bits per heavy atom. The van der Waals surface area contributed by atoms with Crippen molar-refractivity contribution in [3.05, 3.63) is 27.4 Å². The number of hydrogen-bond donors (Lipinski definition) is 1. The molecular formula is C15H24N2O. The standard InChI is InChI=1S/C15H24N2O/c1-3-13-11(2)16-14(17-15(13)18)12-9-7-5-4-6-8-10-12/h12H,3-10H2,1-2H3,(H,16,17,18). The van der Waals surface area contributed by atoms with Crippen LogP contribution in [0, 0.1) is 6.92 Å². The van der Waals surface area contributed by atoms with Gasteiger partial charge in [-0.2, -0.15) is 0 Å². The summed E-state index contributed by atoms with van der Waals surface area (Å²) in [6.07, 6.45) is 9.66. The van der Waals surface area contributed by atoms with Gasteiger partial charge in [-0.3, -0.25) is 4.79 Å². The fourth-order valence-electron chi connectivity index (χ4n) is 2.97. The molecule has 1 aliphatic carbocycles. The van der Waals surface area contributed by atoms with Gasteiger partial charge in [0.05, 0.1) is 0 Å². The number of H-pyrrole nitrogens is 1. The summed E-state index contributed by atoms with van der Waals surface area (Å²) in [4.78, 5) is 19.7. The summed E-state index contributed by atoms with van der Waals surface area (Å²) >= 11 is 0. The Balaban J connectivity index is 2.23. The third-order valence-corrected chi connectivity index (χ3v) is 4.09. The van der Waals surface area contributed by atoms with Gasteiger partial charge >= 0.3 is 0 Å². The van der Waals surface area contributed by atoms with E-state index in [0.717, 1.165) is 23.5 Å². The fraction of sp³-hybridized carbons (Fsp3) is 0.733. The van der Waals surface area contributed by atoms with E-state index in [1.165, 1.54) is 44.9 Å². The highest BCUT2D eigenvalue weighted by Crippen LogP contribution is 2.28. The Kier molecular flexibility index (Phi) is 4.56. The van der Waals surface area contributed by atoms with Gasteiger partial charge in [-0.05, 0) is 26.2 Å². The van der Waals surface area contributed by atoms with Crippen molar-refractivity contribution < 1.29 is 0 Å². The number of aryl methyl sites for hydroxylation is 1. The molecule has 1 aromatic rings. The Morgan fingerprint density at radius 3 is 2.33 bits per heavy atom. The molecule has 0 aliphatic heterocycles. The van der Waals surface area contributed by atoms with Crippen LogP contribution in [0.5, 0.6) is 0 Å². The lowest BCUT2D eigenvalue weighted by molar-refractivity contribution is 0.440. The number of hydrogen-bond acceptors (Lipinski definition) is 2. The van der Waals surface area contributed by atoms with Crippen LogP contribution >= 0.6 is 0 Å². The first-order chi connectivity index (χ1) is 8.72. The van der Waals surface area contributed by atoms with Crippen molar-refractivity contribution in [1.82, 2.24) is 9.97 Å². The van der Waals surface area contributed by atoms with Gasteiger partial charge in [0.2, 0.25) is 0 Å². The first-order valence-electron chi connectivity index (χ1n) is 7.32. The molecule has 0 atom stereocenters. The van der Waals surface area contributed by atoms with E-state index >= 15 is 0 Å². The average molecular weight is 248 g/mol. The van der Waals surface area contributed by atoms with E-state index < -0.39 is 0 Å². The molecule has 1 saturated carbocycles. The molecule has 1 fully saturated rings. The van der Waals surface area contributed by atoms with Crippen LogP contribution in [-0.4, -0.2) is 9.97 Å². The number of aromatic nitrogens is 2. The molecule has 2 rings (SSSR count). The average Bonchev–Trinajstić information content (AvgIpc) is 2.27. The maximum absolute atomic E-state index is 12.0. The highest BCUT2D eigenvalue weighted by Gasteiger charge is 2.17. The topological polar surface area (TPSA) is 45.8 Å². The number of rotatable bonds is 2. The van der Waals surface area contributed by atoms with Gasteiger partial charge in [0.25, 0.3) is 5.56 Å². The van der Waals surface area contributed by atoms with Gasteiger partial charge in [0.1, 0.15) is 5.82 Å². The summed E-state index contributed by atoms with van der Waals surface area (Å²) in [6, 6.07) is 0. The summed E-state index contributed by atoms with van der Waals surface area (Å²) in [5, 5.41) is 0. The van der Waals surface area contributed by atoms with Crippen molar-refractivity contribution in [2.45, 2.75) is 71.1 Å². The van der Waals surface area contributed by atoms with E-state index in [4.69, 9.17) is 0 Å². The number of nitrogens with zero attached hydrogens (tertiary/aromatic N) is 1. The van der Waals surface area contributed by atoms with Gasteiger partial charge < -0.3 is 4.98 Å². The molecule has 3 heteroatoms. The monoisotopic (exact) mass is 248 g/mol. The Hall–Kier alpha value is -1.12. The highest BCUT2D eigenvalue weighted by atomic mass is 16.1. The lowest BCUT2D eigenvalue weighted by Crippen LogP contribution is -2.20. The SMILES string of the molecule is CCc1c(C)nc(C2CCCCCCC2)[nH]c1=O. The first-order valence-corrected chi connectivity index (χ1v) is 7.32. The molecule has 0 radical (unpaired) electrons. The largest absolute Gasteiger partial charge is 0.310 e. The van der Waals surface area contributed by atoms with Crippen molar-refractivity contribution in [3.8, 4) is 0 Å². The summed E-state index contributed by atoms with van der Waals surface area (Å²) < 4.78 is 0. The molecule has 1 heterocycles. The molecule has 0 bridgehead atoms. The zero-order valence-corrected chi connectivity index (χ0v) is 11.6. The lowest BCUT2D eigenvalue weighted by atomic mass is 9.90. The minimum absolute atomic E-state index is 0.0714. The minimum Gasteiger partial charge on any atom is -0.310 e. The Labute approximate surface area is 109 Å². The lowest BCUT2D eigenvalue weighted by Gasteiger charge is -2.19. The van der Waals surface area contributed by atoms with Crippen LogP contribution in [0.3, 0.4) is 0 Å². The molecule has 1 N–H and O–H groups in total. The number of nitrogens with one attached hydrogen (secondary N) is 1. The molecule has 100 valence electrons. The normalized spacial score (nSPS) is 18.3. The predicted molar refractivity (Wildman–Crippen MR) is 74.0 cm³/mol. The second kappa shape index (κ2) is 6.17. The third-order valence-electron chi connectivity index (χ3n) is 4.09. The van der Waals surface area contributed by atoms with Crippen LogP contribution < -0.4 is 5.56 Å². The molecule has 0 spiro atoms. The van der Waals surface area contributed by atoms with E-state index in [1.807, 2.05) is 13.8 Å². The van der Waals surface area contributed by atoms with Gasteiger partial charge in [-0.1, -0.05) is 39.0 Å². The maximum atomic E-state index is 12.0. The molecule has 0 saturated heterocycles. The fourth-order valence-corrected chi connectivity index (χ4v) is 2.97. The molecule has 1 aromatic heterocycles. The van der Waals surface area contributed by atoms with Crippen molar-refractivity contribution in [2.75, 3.05) is 0 Å². The molecule has 3 nitrogen and oxygen atoms in total. The van der Waals surface area contributed by atoms with E-state index in [2.05, 4.69) is 9.97 Å². The molecule has 0 amide bonds. The second-order valence-corrected chi connectivity index (χ2v) is 5.41. The van der Waals surface area contributed by atoms with Gasteiger partial charge in [0, 0.05) is 17.2 Å². The maximum Gasteiger partial charge on any atom is 0.254 e. The zero-order chi connectivity index (χ0) is 13.0. The van der Waals surface area contributed by atoms with E-state index in [-0.39, 0.29) is 5.56 Å². The van der Waals surface area contributed by atoms with Crippen molar-refractivity contribution in [1.29, 1.82) is 0 Å². The molecule has 18 heavy (non-hydrogen) atoms. The van der Waals surface area contributed by atoms with Crippen molar-refractivity contribution in [2.24, 2.45) is 0 Å². The molecule has 0 aromatic carbocycles. The van der Waals surface area contributed by atoms with Crippen LogP contribution in [-0.2, 0) is 6.42 Å².